The molecule has 0 bridgehead atoms. The van der Waals surface area contributed by atoms with E-state index in [-0.39, 0.29) is 0 Å². The molecule has 9 heavy (non-hydrogen) atoms. The van der Waals surface area contributed by atoms with Crippen LogP contribution in [-0.4, -0.2) is 23.1 Å². The quantitative estimate of drug-likeness (QED) is 0.329. The van der Waals surface area contributed by atoms with Gasteiger partial charge in [0.15, 0.2) is 0 Å². The highest BCUT2D eigenvalue weighted by atomic mass is 16.3. The monoisotopic (exact) mass is 132 g/mol. The summed E-state index contributed by atoms with van der Waals surface area (Å²) in [4.78, 5) is 9.16. The highest BCUT2D eigenvalue weighted by Gasteiger charge is 1.57. The van der Waals surface area contributed by atoms with E-state index < -0.39 is 0 Å². The Labute approximate surface area is 54.6 Å². The van der Waals surface area contributed by atoms with Crippen molar-refractivity contribution >= 4 is 6.29 Å². The van der Waals surface area contributed by atoms with Crippen LogP contribution in [0.2, 0.25) is 0 Å². The topological polar surface area (TPSA) is 57.5 Å². The molecule has 0 aromatic rings. The van der Waals surface area contributed by atoms with Crippen molar-refractivity contribution in [3.05, 3.63) is 12.3 Å². The van der Waals surface area contributed by atoms with E-state index in [1.807, 2.05) is 6.92 Å². The van der Waals surface area contributed by atoms with Gasteiger partial charge in [-0.3, -0.25) is 4.79 Å². The van der Waals surface area contributed by atoms with Crippen LogP contribution in [0.5, 0.6) is 0 Å². The number of carbonyl (C=O) groups excluding carboxylic acids is 1. The Balaban J connectivity index is 0. The van der Waals surface area contributed by atoms with Crippen molar-refractivity contribution in [3.63, 3.8) is 0 Å². The normalized spacial score (nSPS) is 8.22. The van der Waals surface area contributed by atoms with Gasteiger partial charge in [-0.15, -0.1) is 0 Å². The van der Waals surface area contributed by atoms with Crippen molar-refractivity contribution in [1.29, 1.82) is 0 Å². The molecule has 0 aliphatic heterocycles. The van der Waals surface area contributed by atoms with E-state index in [0.29, 0.717) is 19.2 Å². The molecule has 54 valence electrons. The van der Waals surface area contributed by atoms with Crippen LogP contribution in [0.1, 0.15) is 13.3 Å². The summed E-state index contributed by atoms with van der Waals surface area (Å²) in [5.41, 5.74) is 0. The third-order valence-electron chi connectivity index (χ3n) is 0.388. The maximum atomic E-state index is 9.16. The van der Waals surface area contributed by atoms with E-state index >= 15 is 0 Å². The Morgan fingerprint density at radius 3 is 2.00 bits per heavy atom. The predicted octanol–water partition coefficient (Wildman–Crippen LogP) is 0.646. The molecule has 0 saturated heterocycles. The molecule has 3 nitrogen and oxygen atoms in total. The van der Waals surface area contributed by atoms with Crippen molar-refractivity contribution < 1.29 is 15.0 Å². The lowest BCUT2D eigenvalue weighted by atomic mass is 10.5. The molecule has 0 unspecified atom stereocenters. The smallest absolute Gasteiger partial charge is 0.145 e. The number of aldehydes is 1. The Bertz CT molecular complexity index is 66.7. The minimum atomic E-state index is 0.319. The molecule has 0 saturated carbocycles. The van der Waals surface area contributed by atoms with Gasteiger partial charge in [-0.1, -0.05) is 6.92 Å². The molecule has 0 atom stereocenters. The lowest BCUT2D eigenvalue weighted by molar-refractivity contribution is -0.104. The second-order valence-corrected chi connectivity index (χ2v) is 1.20. The van der Waals surface area contributed by atoms with Gasteiger partial charge >= 0.3 is 0 Å². The predicted molar refractivity (Wildman–Crippen MR) is 35.2 cm³/mol. The molecule has 0 amide bonds. The van der Waals surface area contributed by atoms with Crippen LogP contribution in [0.25, 0.3) is 0 Å². The van der Waals surface area contributed by atoms with E-state index in [9.17, 15) is 0 Å². The summed E-state index contributed by atoms with van der Waals surface area (Å²) in [6.07, 6.45) is 3.06. The Hall–Kier alpha value is -0.830. The highest BCUT2D eigenvalue weighted by Crippen LogP contribution is 1.61. The average molecular weight is 132 g/mol. The molecule has 0 fully saturated rings. The number of rotatable bonds is 2. The molecule has 2 N–H and O–H groups in total. The first kappa shape index (κ1) is 11.0. The highest BCUT2D eigenvalue weighted by molar-refractivity contribution is 5.63. The van der Waals surface area contributed by atoms with Crippen LogP contribution < -0.4 is 0 Å². The van der Waals surface area contributed by atoms with E-state index in [0.717, 1.165) is 12.5 Å². The fourth-order valence-electron chi connectivity index (χ4n) is 0.0351. The SMILES string of the molecule is CCCO.O=CC=CO. The first-order chi connectivity index (χ1) is 4.33. The second-order valence-electron chi connectivity index (χ2n) is 1.20. The van der Waals surface area contributed by atoms with Crippen LogP contribution >= 0.6 is 0 Å². The molecule has 0 radical (unpaired) electrons. The fraction of sp³-hybridized carbons (Fsp3) is 0.500. The Kier molecular flexibility index (Phi) is 19.2. The number of hydrogen-bond acceptors (Lipinski definition) is 3. The zero-order chi connectivity index (χ0) is 7.54. The second kappa shape index (κ2) is 15.7. The maximum Gasteiger partial charge on any atom is 0.145 e. The third-order valence-corrected chi connectivity index (χ3v) is 0.388. The van der Waals surface area contributed by atoms with Crippen LogP contribution in [-0.2, 0) is 4.79 Å². The number of allylic oxidation sites excluding steroid dienone is 1. The first-order valence-electron chi connectivity index (χ1n) is 2.68. The van der Waals surface area contributed by atoms with Crippen molar-refractivity contribution in [1.82, 2.24) is 0 Å². The van der Waals surface area contributed by atoms with Gasteiger partial charge in [0.1, 0.15) is 6.29 Å². The number of aliphatic hydroxyl groups excluding tert-OH is 2. The molecule has 0 spiro atoms. The summed E-state index contributed by atoms with van der Waals surface area (Å²) in [5.74, 6) is 0. The largest absolute Gasteiger partial charge is 0.515 e. The van der Waals surface area contributed by atoms with Crippen molar-refractivity contribution in [3.8, 4) is 0 Å². The molecule has 0 aliphatic carbocycles. The van der Waals surface area contributed by atoms with E-state index in [4.69, 9.17) is 15.0 Å². The molecule has 0 aromatic heterocycles. The van der Waals surface area contributed by atoms with Gasteiger partial charge in [0.2, 0.25) is 0 Å². The van der Waals surface area contributed by atoms with Crippen LogP contribution in [0.15, 0.2) is 12.3 Å². The summed E-state index contributed by atoms with van der Waals surface area (Å²) < 4.78 is 0. The standard InChI is InChI=1S/C3H4O2.C3H8O/c4-2-1-3-5;1-2-3-4/h1-4H;4H,2-3H2,1H3. The summed E-state index contributed by atoms with van der Waals surface area (Å²) in [6, 6.07) is 0. The minimum Gasteiger partial charge on any atom is -0.515 e. The van der Waals surface area contributed by atoms with Crippen LogP contribution in [0.4, 0.5) is 0 Å². The Morgan fingerprint density at radius 1 is 1.56 bits per heavy atom. The molecule has 0 aromatic carbocycles. The molecule has 3 heteroatoms. The third kappa shape index (κ3) is 40.7. The molecular formula is C6H12O3. The van der Waals surface area contributed by atoms with Crippen molar-refractivity contribution in [2.45, 2.75) is 13.3 Å². The van der Waals surface area contributed by atoms with Gasteiger partial charge in [0, 0.05) is 12.7 Å². The first-order valence-corrected chi connectivity index (χ1v) is 2.68. The average Bonchev–Trinajstić information content (AvgIpc) is 1.91. The van der Waals surface area contributed by atoms with E-state index in [2.05, 4.69) is 0 Å². The fourth-order valence-corrected chi connectivity index (χ4v) is 0.0351. The number of hydrogen-bond donors (Lipinski definition) is 2. The maximum absolute atomic E-state index is 9.16. The van der Waals surface area contributed by atoms with Crippen LogP contribution in [0, 0.1) is 0 Å². The Morgan fingerprint density at radius 2 is 2.00 bits per heavy atom. The van der Waals surface area contributed by atoms with Gasteiger partial charge < -0.3 is 10.2 Å². The number of aliphatic hydroxyl groups is 2. The zero-order valence-electron chi connectivity index (χ0n) is 5.45. The van der Waals surface area contributed by atoms with Gasteiger partial charge in [-0.2, -0.15) is 0 Å². The molecule has 0 aliphatic rings. The van der Waals surface area contributed by atoms with Gasteiger partial charge in [-0.25, -0.2) is 0 Å². The summed E-state index contributed by atoms with van der Waals surface area (Å²) in [7, 11) is 0. The lowest BCUT2D eigenvalue weighted by Gasteiger charge is -1.69. The molecule has 0 heterocycles. The zero-order valence-corrected chi connectivity index (χ0v) is 5.45. The van der Waals surface area contributed by atoms with Crippen LogP contribution in [0.3, 0.4) is 0 Å². The summed E-state index contributed by atoms with van der Waals surface area (Å²) in [6.45, 7) is 2.25. The minimum absolute atomic E-state index is 0.319. The van der Waals surface area contributed by atoms with Gasteiger partial charge in [0.25, 0.3) is 0 Å². The summed E-state index contributed by atoms with van der Waals surface area (Å²) >= 11 is 0. The van der Waals surface area contributed by atoms with Gasteiger partial charge in [0.05, 0.1) is 6.26 Å². The van der Waals surface area contributed by atoms with E-state index in [1.165, 1.54) is 0 Å². The summed E-state index contributed by atoms with van der Waals surface area (Å²) in [5, 5.41) is 15.5. The molecular weight excluding hydrogens is 120 g/mol. The van der Waals surface area contributed by atoms with Crippen molar-refractivity contribution in [2.24, 2.45) is 0 Å². The molecule has 0 rings (SSSR count). The number of carbonyl (C=O) groups is 1. The van der Waals surface area contributed by atoms with Crippen molar-refractivity contribution in [2.75, 3.05) is 6.61 Å². The van der Waals surface area contributed by atoms with E-state index in [1.54, 1.807) is 0 Å². The lowest BCUT2D eigenvalue weighted by Crippen LogP contribution is -1.69. The van der Waals surface area contributed by atoms with Gasteiger partial charge in [-0.05, 0) is 6.42 Å².